The van der Waals surface area contributed by atoms with E-state index in [1.807, 2.05) is 0 Å². The average Bonchev–Trinajstić information content (AvgIpc) is 3.03. The number of hydrogen-bond donors (Lipinski definition) is 0. The summed E-state index contributed by atoms with van der Waals surface area (Å²) in [6.45, 7) is 0. The highest BCUT2D eigenvalue weighted by atomic mass is 14.6. The zero-order valence-corrected chi connectivity index (χ0v) is 10.5. The molecule has 16 heavy (non-hydrogen) atoms. The monoisotopic (exact) mass is 218 g/mol. The third-order valence-corrected chi connectivity index (χ3v) is 6.74. The second kappa shape index (κ2) is 3.75. The van der Waals surface area contributed by atoms with Crippen molar-refractivity contribution in [3.63, 3.8) is 0 Å². The lowest BCUT2D eigenvalue weighted by Gasteiger charge is -2.35. The maximum atomic E-state index is 1.64. The van der Waals surface area contributed by atoms with Gasteiger partial charge in [-0.15, -0.1) is 0 Å². The van der Waals surface area contributed by atoms with Crippen LogP contribution in [-0.2, 0) is 0 Å². The molecule has 0 radical (unpaired) electrons. The van der Waals surface area contributed by atoms with E-state index in [1.165, 1.54) is 36.0 Å². The summed E-state index contributed by atoms with van der Waals surface area (Å²) in [6, 6.07) is 0. The van der Waals surface area contributed by atoms with Crippen LogP contribution in [0, 0.1) is 35.5 Å². The minimum absolute atomic E-state index is 1.16. The third kappa shape index (κ3) is 1.34. The zero-order chi connectivity index (χ0) is 10.5. The number of fused-ring (bicyclic) bond motifs is 5. The van der Waals surface area contributed by atoms with E-state index in [0.717, 1.165) is 5.92 Å². The molecule has 4 saturated carbocycles. The smallest absolute Gasteiger partial charge is 0.0324 e. The van der Waals surface area contributed by atoms with Crippen LogP contribution in [0.4, 0.5) is 0 Å². The molecule has 4 rings (SSSR count). The molecule has 0 nitrogen and oxygen atoms in total. The molecule has 0 heteroatoms. The standard InChI is InChI=1S/C16H26/c1-2-4-11(5-3-1)14-8-9-15-12-6-7-13(10-12)16(14)15/h11-16H,1-10H2. The lowest BCUT2D eigenvalue weighted by atomic mass is 9.70. The van der Waals surface area contributed by atoms with Gasteiger partial charge in [-0.05, 0) is 67.6 Å². The summed E-state index contributed by atoms with van der Waals surface area (Å²) in [7, 11) is 0. The molecule has 2 bridgehead atoms. The van der Waals surface area contributed by atoms with E-state index in [4.69, 9.17) is 0 Å². The fourth-order valence-corrected chi connectivity index (χ4v) is 6.24. The first-order chi connectivity index (χ1) is 7.93. The van der Waals surface area contributed by atoms with Crippen LogP contribution in [0.25, 0.3) is 0 Å². The van der Waals surface area contributed by atoms with Gasteiger partial charge in [0.05, 0.1) is 0 Å². The lowest BCUT2D eigenvalue weighted by Crippen LogP contribution is -2.28. The van der Waals surface area contributed by atoms with Crippen molar-refractivity contribution in [1.82, 2.24) is 0 Å². The zero-order valence-electron chi connectivity index (χ0n) is 10.5. The van der Waals surface area contributed by atoms with Gasteiger partial charge in [0, 0.05) is 0 Å². The van der Waals surface area contributed by atoms with Gasteiger partial charge in [0.1, 0.15) is 0 Å². The average molecular weight is 218 g/mol. The van der Waals surface area contributed by atoms with E-state index in [1.54, 1.807) is 57.8 Å². The van der Waals surface area contributed by atoms with Gasteiger partial charge in [-0.2, -0.15) is 0 Å². The maximum Gasteiger partial charge on any atom is -0.0324 e. The van der Waals surface area contributed by atoms with Gasteiger partial charge in [0.25, 0.3) is 0 Å². The molecule has 0 aromatic rings. The molecule has 0 aromatic carbocycles. The molecule has 5 atom stereocenters. The van der Waals surface area contributed by atoms with Crippen molar-refractivity contribution in [1.29, 1.82) is 0 Å². The summed E-state index contributed by atoms with van der Waals surface area (Å²) in [5, 5.41) is 0. The summed E-state index contributed by atoms with van der Waals surface area (Å²) in [5.74, 6) is 7.12. The SMILES string of the molecule is C1CCC(C2CCC3C4CCC(C4)C23)CC1. The Morgan fingerprint density at radius 3 is 2.00 bits per heavy atom. The summed E-state index contributed by atoms with van der Waals surface area (Å²) >= 11 is 0. The van der Waals surface area contributed by atoms with E-state index >= 15 is 0 Å². The molecule has 5 unspecified atom stereocenters. The van der Waals surface area contributed by atoms with Crippen LogP contribution in [-0.4, -0.2) is 0 Å². The molecule has 4 aliphatic rings. The van der Waals surface area contributed by atoms with Gasteiger partial charge in [0.2, 0.25) is 0 Å². The molecular weight excluding hydrogens is 192 g/mol. The van der Waals surface area contributed by atoms with Gasteiger partial charge in [-0.1, -0.05) is 32.1 Å². The van der Waals surface area contributed by atoms with Crippen LogP contribution in [0.5, 0.6) is 0 Å². The Balaban J connectivity index is 1.53. The summed E-state index contributed by atoms with van der Waals surface area (Å²) in [6.07, 6.45) is 15.9. The minimum Gasteiger partial charge on any atom is -0.0533 e. The fourth-order valence-electron chi connectivity index (χ4n) is 6.24. The molecule has 0 heterocycles. The van der Waals surface area contributed by atoms with Crippen LogP contribution < -0.4 is 0 Å². The van der Waals surface area contributed by atoms with Gasteiger partial charge in [0.15, 0.2) is 0 Å². The molecule has 0 saturated heterocycles. The van der Waals surface area contributed by atoms with Crippen molar-refractivity contribution < 1.29 is 0 Å². The van der Waals surface area contributed by atoms with Crippen LogP contribution in [0.15, 0.2) is 0 Å². The molecule has 0 N–H and O–H groups in total. The molecular formula is C16H26. The molecule has 0 aromatic heterocycles. The van der Waals surface area contributed by atoms with Crippen molar-refractivity contribution in [3.8, 4) is 0 Å². The second-order valence-corrected chi connectivity index (χ2v) is 7.21. The minimum atomic E-state index is 1.16. The first-order valence-electron chi connectivity index (χ1n) is 7.93. The van der Waals surface area contributed by atoms with E-state index in [2.05, 4.69) is 0 Å². The predicted molar refractivity (Wildman–Crippen MR) is 67.1 cm³/mol. The van der Waals surface area contributed by atoms with Gasteiger partial charge >= 0.3 is 0 Å². The fraction of sp³-hybridized carbons (Fsp3) is 1.00. The number of rotatable bonds is 1. The topological polar surface area (TPSA) is 0 Å². The normalized spacial score (nSPS) is 52.1. The van der Waals surface area contributed by atoms with E-state index < -0.39 is 0 Å². The molecule has 4 fully saturated rings. The Morgan fingerprint density at radius 2 is 1.19 bits per heavy atom. The van der Waals surface area contributed by atoms with Crippen LogP contribution in [0.1, 0.15) is 64.2 Å². The lowest BCUT2D eigenvalue weighted by molar-refractivity contribution is 0.138. The van der Waals surface area contributed by atoms with E-state index in [-0.39, 0.29) is 0 Å². The molecule has 0 aliphatic heterocycles. The largest absolute Gasteiger partial charge is 0.0533 e. The van der Waals surface area contributed by atoms with Crippen molar-refractivity contribution >= 4 is 0 Å². The van der Waals surface area contributed by atoms with Crippen LogP contribution in [0.3, 0.4) is 0 Å². The Morgan fingerprint density at radius 1 is 0.500 bits per heavy atom. The van der Waals surface area contributed by atoms with Crippen molar-refractivity contribution in [2.24, 2.45) is 35.5 Å². The molecule has 0 spiro atoms. The number of hydrogen-bond acceptors (Lipinski definition) is 0. The third-order valence-electron chi connectivity index (χ3n) is 6.74. The first-order valence-corrected chi connectivity index (χ1v) is 7.93. The quantitative estimate of drug-likeness (QED) is 0.601. The van der Waals surface area contributed by atoms with Crippen LogP contribution in [0.2, 0.25) is 0 Å². The van der Waals surface area contributed by atoms with E-state index in [0.29, 0.717) is 0 Å². The highest BCUT2D eigenvalue weighted by molar-refractivity contribution is 5.03. The van der Waals surface area contributed by atoms with Crippen molar-refractivity contribution in [3.05, 3.63) is 0 Å². The second-order valence-electron chi connectivity index (χ2n) is 7.21. The first kappa shape index (κ1) is 9.97. The summed E-state index contributed by atoms with van der Waals surface area (Å²) in [4.78, 5) is 0. The summed E-state index contributed by atoms with van der Waals surface area (Å²) < 4.78 is 0. The van der Waals surface area contributed by atoms with Crippen molar-refractivity contribution in [2.45, 2.75) is 64.2 Å². The molecule has 0 amide bonds. The van der Waals surface area contributed by atoms with Crippen LogP contribution >= 0.6 is 0 Å². The van der Waals surface area contributed by atoms with E-state index in [9.17, 15) is 0 Å². The van der Waals surface area contributed by atoms with Gasteiger partial charge < -0.3 is 0 Å². The highest BCUT2D eigenvalue weighted by Gasteiger charge is 2.54. The maximum absolute atomic E-state index is 1.64. The Bertz CT molecular complexity index is 263. The van der Waals surface area contributed by atoms with Gasteiger partial charge in [-0.3, -0.25) is 0 Å². The summed E-state index contributed by atoms with van der Waals surface area (Å²) in [5.41, 5.74) is 0. The predicted octanol–water partition coefficient (Wildman–Crippen LogP) is 4.64. The molecule has 4 aliphatic carbocycles. The Labute approximate surface area is 100 Å². The highest BCUT2D eigenvalue weighted by Crippen LogP contribution is 2.62. The Hall–Kier alpha value is 0. The van der Waals surface area contributed by atoms with Gasteiger partial charge in [-0.25, -0.2) is 0 Å². The Kier molecular flexibility index (Phi) is 2.34. The van der Waals surface area contributed by atoms with Crippen molar-refractivity contribution in [2.75, 3.05) is 0 Å². The molecule has 90 valence electrons.